The zero-order chi connectivity index (χ0) is 25.0. The van der Waals surface area contributed by atoms with Gasteiger partial charge in [-0.15, -0.1) is 11.3 Å². The minimum atomic E-state index is -2.33. The lowest BCUT2D eigenvalue weighted by Crippen LogP contribution is -2.48. The third-order valence-electron chi connectivity index (χ3n) is 5.08. The maximum absolute atomic E-state index is 12.3. The second-order valence-electron chi connectivity index (χ2n) is 7.46. The monoisotopic (exact) mass is 491 g/mol. The van der Waals surface area contributed by atoms with Crippen LogP contribution in [-0.4, -0.2) is 54.6 Å². The number of aromatic hydroxyl groups is 5. The molecule has 0 aliphatic rings. The van der Waals surface area contributed by atoms with Crippen LogP contribution in [0.1, 0.15) is 16.8 Å². The van der Waals surface area contributed by atoms with Crippen LogP contribution in [0.2, 0.25) is 0 Å². The first-order valence-electron chi connectivity index (χ1n) is 10.0. The average Bonchev–Trinajstić information content (AvgIpc) is 3.26. The van der Waals surface area contributed by atoms with E-state index in [1.54, 1.807) is 24.3 Å². The van der Waals surface area contributed by atoms with Crippen LogP contribution in [0.3, 0.4) is 0 Å². The Labute approximate surface area is 197 Å². The van der Waals surface area contributed by atoms with E-state index in [9.17, 15) is 35.4 Å². The van der Waals surface area contributed by atoms with Gasteiger partial charge < -0.3 is 47.0 Å². The van der Waals surface area contributed by atoms with Crippen molar-refractivity contribution in [2.24, 2.45) is 5.73 Å². The van der Waals surface area contributed by atoms with E-state index >= 15 is 0 Å². The number of thiazole rings is 1. The van der Waals surface area contributed by atoms with Gasteiger partial charge in [0.25, 0.3) is 5.91 Å². The van der Waals surface area contributed by atoms with Crippen LogP contribution in [0.4, 0.5) is 10.8 Å². The average molecular weight is 492 g/mol. The van der Waals surface area contributed by atoms with Gasteiger partial charge in [0.1, 0.15) is 5.69 Å². The fourth-order valence-corrected chi connectivity index (χ4v) is 3.72. The third-order valence-corrected chi connectivity index (χ3v) is 5.76. The number of hydrogen-bond donors (Lipinski definition) is 10. The van der Waals surface area contributed by atoms with Gasteiger partial charge in [-0.05, 0) is 43.6 Å². The number of phenolic OH excluding ortho intramolecular Hbond substituents is 5. The zero-order valence-corrected chi connectivity index (χ0v) is 18.6. The molecule has 34 heavy (non-hydrogen) atoms. The predicted octanol–water partition coefficient (Wildman–Crippen LogP) is 0.371. The molecule has 3 rings (SSSR count). The summed E-state index contributed by atoms with van der Waals surface area (Å²) in [7, 11) is 0. The molecule has 0 saturated carbocycles. The van der Waals surface area contributed by atoms with E-state index < -0.39 is 40.4 Å². The fraction of sp³-hybridized carbons (Fsp3) is 0.238. The molecule has 12 N–H and O–H groups in total. The van der Waals surface area contributed by atoms with Gasteiger partial charge >= 0.3 is 0 Å². The van der Waals surface area contributed by atoms with E-state index in [0.29, 0.717) is 25.2 Å². The summed E-state index contributed by atoms with van der Waals surface area (Å²) in [6, 6.07) is 6.86. The first kappa shape index (κ1) is 24.9. The van der Waals surface area contributed by atoms with Crippen molar-refractivity contribution in [1.29, 1.82) is 0 Å². The van der Waals surface area contributed by atoms with E-state index in [4.69, 9.17) is 11.5 Å². The molecule has 182 valence electrons. The summed E-state index contributed by atoms with van der Waals surface area (Å²) >= 11 is 1.05. The molecule has 12 nitrogen and oxygen atoms in total. The third kappa shape index (κ3) is 5.23. The molecule has 13 heteroatoms. The van der Waals surface area contributed by atoms with Crippen molar-refractivity contribution in [3.63, 3.8) is 0 Å². The Balaban J connectivity index is 1.48. The van der Waals surface area contributed by atoms with E-state index in [1.807, 2.05) is 0 Å². The molecule has 3 aromatic rings. The van der Waals surface area contributed by atoms with Crippen LogP contribution in [0, 0.1) is 0 Å². The largest absolute Gasteiger partial charge is 0.504 e. The van der Waals surface area contributed by atoms with Crippen LogP contribution >= 0.6 is 11.3 Å². The molecular weight excluding hydrogens is 466 g/mol. The Kier molecular flexibility index (Phi) is 7.32. The van der Waals surface area contributed by atoms with Crippen molar-refractivity contribution in [2.45, 2.75) is 18.6 Å². The van der Waals surface area contributed by atoms with Crippen molar-refractivity contribution >= 4 is 28.1 Å². The maximum atomic E-state index is 12.3. The topological polar surface area (TPSA) is 227 Å². The molecule has 1 aromatic heterocycles. The Hall–Kier alpha value is -3.78. The lowest BCUT2D eigenvalue weighted by molar-refractivity contribution is -0.134. The van der Waals surface area contributed by atoms with Gasteiger partial charge in [0.05, 0.1) is 0 Å². The number of anilines is 2. The molecule has 0 aliphatic heterocycles. The highest BCUT2D eigenvalue weighted by molar-refractivity contribution is 7.13. The fourth-order valence-electron chi connectivity index (χ4n) is 3.10. The second-order valence-corrected chi connectivity index (χ2v) is 8.35. The summed E-state index contributed by atoms with van der Waals surface area (Å²) < 4.78 is 0. The standard InChI is InChI=1S/C21H25N5O7S/c22-20-26-13(9-34-20)21(23,33)19(32)25-11-3-1-10(2-4-11)5-7-24-8-6-12-14(27)16(29)18(31)17(30)15(12)28/h1-4,9,24,27-31,33H,5-8,23H2,(H2,22,26)(H,25,32). The van der Waals surface area contributed by atoms with Gasteiger partial charge in [-0.1, -0.05) is 12.1 Å². The Morgan fingerprint density at radius 1 is 0.941 bits per heavy atom. The normalized spacial score (nSPS) is 12.9. The van der Waals surface area contributed by atoms with Crippen molar-refractivity contribution in [2.75, 3.05) is 24.1 Å². The number of aromatic nitrogens is 1. The van der Waals surface area contributed by atoms with E-state index in [0.717, 1.165) is 16.9 Å². The van der Waals surface area contributed by atoms with Crippen LogP contribution < -0.4 is 22.1 Å². The van der Waals surface area contributed by atoms with E-state index in [-0.39, 0.29) is 22.8 Å². The predicted molar refractivity (Wildman–Crippen MR) is 125 cm³/mol. The summed E-state index contributed by atoms with van der Waals surface area (Å²) in [5.74, 6) is -5.05. The maximum Gasteiger partial charge on any atom is 0.278 e. The number of nitrogen functional groups attached to an aromatic ring is 1. The lowest BCUT2D eigenvalue weighted by atomic mass is 10.1. The molecule has 0 radical (unpaired) electrons. The molecule has 1 heterocycles. The number of phenols is 5. The first-order chi connectivity index (χ1) is 16.0. The number of carbonyl (C=O) groups excluding carboxylic acids is 1. The highest BCUT2D eigenvalue weighted by Gasteiger charge is 2.36. The highest BCUT2D eigenvalue weighted by atomic mass is 32.1. The van der Waals surface area contributed by atoms with Gasteiger partial charge in [0.15, 0.2) is 16.6 Å². The summed E-state index contributed by atoms with van der Waals surface area (Å²) in [6.07, 6.45) is 0.688. The number of nitrogens with zero attached hydrogens (tertiary/aromatic N) is 1. The van der Waals surface area contributed by atoms with Crippen LogP contribution in [0.15, 0.2) is 29.6 Å². The van der Waals surface area contributed by atoms with Gasteiger partial charge in [0.2, 0.25) is 23.0 Å². The number of amides is 1. The second kappa shape index (κ2) is 10.0. The lowest BCUT2D eigenvalue weighted by Gasteiger charge is -2.20. The Bertz CT molecular complexity index is 1150. The van der Waals surface area contributed by atoms with Gasteiger partial charge in [-0.25, -0.2) is 4.98 Å². The highest BCUT2D eigenvalue weighted by Crippen LogP contribution is 2.50. The number of hydrogen-bond acceptors (Lipinski definition) is 12. The number of carbonyl (C=O) groups is 1. The molecule has 1 unspecified atom stereocenters. The van der Waals surface area contributed by atoms with Crippen molar-refractivity contribution < 1.29 is 35.4 Å². The summed E-state index contributed by atoms with van der Waals surface area (Å²) in [5, 5.41) is 65.7. The molecule has 1 amide bonds. The molecule has 0 fully saturated rings. The number of nitrogens with two attached hydrogens (primary N) is 2. The molecule has 0 aliphatic carbocycles. The summed E-state index contributed by atoms with van der Waals surface area (Å²) in [4.78, 5) is 16.2. The Morgan fingerprint density at radius 2 is 1.50 bits per heavy atom. The number of benzene rings is 2. The molecule has 2 aromatic carbocycles. The minimum Gasteiger partial charge on any atom is -0.504 e. The van der Waals surface area contributed by atoms with E-state index in [1.165, 1.54) is 5.38 Å². The van der Waals surface area contributed by atoms with Gasteiger partial charge in [0, 0.05) is 16.6 Å². The quantitative estimate of drug-likeness (QED) is 0.0850. The number of rotatable bonds is 9. The van der Waals surface area contributed by atoms with Crippen molar-refractivity contribution in [3.8, 4) is 28.7 Å². The molecule has 1 atom stereocenters. The summed E-state index contributed by atoms with van der Waals surface area (Å²) in [5.41, 5.74) is 10.1. The van der Waals surface area contributed by atoms with Crippen LogP contribution in [0.5, 0.6) is 28.7 Å². The number of aliphatic hydroxyl groups is 1. The molecular formula is C21H25N5O7S. The Morgan fingerprint density at radius 3 is 2.06 bits per heavy atom. The van der Waals surface area contributed by atoms with Gasteiger partial charge in [-0.3, -0.25) is 10.5 Å². The van der Waals surface area contributed by atoms with Crippen molar-refractivity contribution in [1.82, 2.24) is 10.3 Å². The number of nitrogens with one attached hydrogen (secondary N) is 2. The smallest absolute Gasteiger partial charge is 0.278 e. The van der Waals surface area contributed by atoms with Crippen LogP contribution in [-0.2, 0) is 23.4 Å². The van der Waals surface area contributed by atoms with E-state index in [2.05, 4.69) is 15.6 Å². The first-order valence-corrected chi connectivity index (χ1v) is 10.9. The molecule has 0 spiro atoms. The molecule has 0 bridgehead atoms. The minimum absolute atomic E-state index is 0.0467. The summed E-state index contributed by atoms with van der Waals surface area (Å²) in [6.45, 7) is 0.826. The van der Waals surface area contributed by atoms with Crippen LogP contribution in [0.25, 0.3) is 0 Å². The van der Waals surface area contributed by atoms with Gasteiger partial charge in [-0.2, -0.15) is 0 Å². The zero-order valence-electron chi connectivity index (χ0n) is 17.8. The van der Waals surface area contributed by atoms with Crippen molar-refractivity contribution in [3.05, 3.63) is 46.5 Å². The molecule has 0 saturated heterocycles. The SMILES string of the molecule is Nc1nc(C(N)(O)C(=O)Nc2ccc(CCNCCc3c(O)c(O)c(O)c(O)c3O)cc2)cs1.